The minimum Gasteiger partial charge on any atom is -0.497 e. The van der Waals surface area contributed by atoms with Gasteiger partial charge in [0.2, 0.25) is 5.91 Å². The van der Waals surface area contributed by atoms with Gasteiger partial charge < -0.3 is 33.3 Å². The van der Waals surface area contributed by atoms with Gasteiger partial charge in [0.05, 0.1) is 33.5 Å². The van der Waals surface area contributed by atoms with Gasteiger partial charge >= 0.3 is 5.69 Å². The van der Waals surface area contributed by atoms with E-state index in [9.17, 15) is 9.59 Å². The highest BCUT2D eigenvalue weighted by Gasteiger charge is 2.45. The van der Waals surface area contributed by atoms with Gasteiger partial charge in [0.1, 0.15) is 35.2 Å². The van der Waals surface area contributed by atoms with Crippen molar-refractivity contribution >= 4 is 20.3 Å². The second kappa shape index (κ2) is 25.4. The molecule has 13 heteroatoms. The van der Waals surface area contributed by atoms with E-state index in [1.807, 2.05) is 66.7 Å². The van der Waals surface area contributed by atoms with E-state index in [4.69, 9.17) is 28.0 Å². The van der Waals surface area contributed by atoms with Crippen LogP contribution in [0.2, 0.25) is 0 Å². The number of anilines is 1. The fourth-order valence-electron chi connectivity index (χ4n) is 8.27. The summed E-state index contributed by atoms with van der Waals surface area (Å²) in [5.74, 6) is 1.31. The largest absolute Gasteiger partial charge is 0.497 e. The topological polar surface area (TPSA) is 123 Å². The Balaban J connectivity index is 1.47. The van der Waals surface area contributed by atoms with Crippen molar-refractivity contribution in [1.82, 2.24) is 14.2 Å². The molecule has 1 aliphatic rings. The summed E-state index contributed by atoms with van der Waals surface area (Å²) in [4.78, 5) is 29.5. The molecule has 1 unspecified atom stereocenters. The van der Waals surface area contributed by atoms with Gasteiger partial charge in [-0.05, 0) is 81.1 Å². The Labute approximate surface area is 377 Å². The Bertz CT molecular complexity index is 1940. The van der Waals surface area contributed by atoms with E-state index in [0.29, 0.717) is 13.0 Å². The first-order valence-corrected chi connectivity index (χ1v) is 24.0. The molecule has 0 radical (unpaired) electrons. The lowest BCUT2D eigenvalue weighted by Gasteiger charge is -2.39. The number of benzene rings is 3. The van der Waals surface area contributed by atoms with Gasteiger partial charge in [-0.25, -0.2) is 9.46 Å². The van der Waals surface area contributed by atoms with Gasteiger partial charge in [-0.15, -0.1) is 0 Å². The molecule has 5 rings (SSSR count). The lowest BCUT2D eigenvalue weighted by atomic mass is 9.80. The minimum atomic E-state index is -1.55. The molecule has 0 bridgehead atoms. The molecule has 63 heavy (non-hydrogen) atoms. The van der Waals surface area contributed by atoms with E-state index in [0.717, 1.165) is 41.0 Å². The number of hydrogen-bond acceptors (Lipinski definition) is 10. The second-order valence-corrected chi connectivity index (χ2v) is 18.2. The summed E-state index contributed by atoms with van der Waals surface area (Å²) in [7, 11) is 1.75. The van der Waals surface area contributed by atoms with Crippen molar-refractivity contribution < 1.29 is 32.8 Å². The first-order valence-electron chi connectivity index (χ1n) is 22.9. The third-order valence-electron chi connectivity index (χ3n) is 11.4. The molecule has 344 valence electrons. The standard InChI is InChI=1S/C50H71N4O8P/c1-9-10-11-12-13-14-15-16-17-21-34-60-63(54(37(2)3)38(4)5)62-45-35-48(53-33-32-47(51-39(6)55)52-49(53)56)61-46(45)36-59-50(40-22-19-18-20-23-40,41-24-28-43(57-7)29-25-41)42-26-30-44(58-8)31-27-42/h18-20,22-33,37-38,45-46,48H,9-17,21,34-36H2,1-8H3,(H,51,52,55,56)/t45-,46+,48+,63?/m0/s1. The predicted octanol–water partition coefficient (Wildman–Crippen LogP) is 11.2. The van der Waals surface area contributed by atoms with E-state index in [1.165, 1.54) is 62.9 Å². The van der Waals surface area contributed by atoms with E-state index < -0.39 is 38.3 Å². The Morgan fingerprint density at radius 1 is 0.810 bits per heavy atom. The van der Waals surface area contributed by atoms with E-state index in [2.05, 4.69) is 61.7 Å². The van der Waals surface area contributed by atoms with Crippen LogP contribution in [-0.2, 0) is 28.9 Å². The van der Waals surface area contributed by atoms with Gasteiger partial charge in [-0.2, -0.15) is 4.98 Å². The van der Waals surface area contributed by atoms with Gasteiger partial charge in [0, 0.05) is 31.6 Å². The number of ether oxygens (including phenoxy) is 4. The molecule has 4 atom stereocenters. The van der Waals surface area contributed by atoms with Crippen molar-refractivity contribution in [3.8, 4) is 11.5 Å². The quantitative estimate of drug-likeness (QED) is 0.0352. The maximum absolute atomic E-state index is 13.5. The number of nitrogens with zero attached hydrogens (tertiary/aromatic N) is 3. The van der Waals surface area contributed by atoms with Crippen LogP contribution in [0.3, 0.4) is 0 Å². The molecule has 0 aliphatic carbocycles. The highest BCUT2D eigenvalue weighted by Crippen LogP contribution is 2.51. The number of unbranched alkanes of at least 4 members (excludes halogenated alkanes) is 9. The van der Waals surface area contributed by atoms with E-state index >= 15 is 0 Å². The van der Waals surface area contributed by atoms with Crippen LogP contribution in [-0.4, -0.2) is 71.9 Å². The fourth-order valence-corrected chi connectivity index (χ4v) is 10.1. The van der Waals surface area contributed by atoms with Crippen LogP contribution in [0.15, 0.2) is 95.9 Å². The number of hydrogen-bond donors (Lipinski definition) is 1. The van der Waals surface area contributed by atoms with Crippen LogP contribution >= 0.6 is 8.53 Å². The Morgan fingerprint density at radius 2 is 1.35 bits per heavy atom. The van der Waals surface area contributed by atoms with Crippen LogP contribution in [0.1, 0.15) is 135 Å². The zero-order valence-electron chi connectivity index (χ0n) is 38.8. The van der Waals surface area contributed by atoms with Gasteiger partial charge in [0.25, 0.3) is 8.53 Å². The molecule has 12 nitrogen and oxygen atoms in total. The average Bonchev–Trinajstić information content (AvgIpc) is 3.67. The third-order valence-corrected chi connectivity index (χ3v) is 13.6. The summed E-state index contributed by atoms with van der Waals surface area (Å²) in [6.07, 6.45) is 12.4. The minimum absolute atomic E-state index is 0.0885. The Morgan fingerprint density at radius 3 is 1.86 bits per heavy atom. The van der Waals surface area contributed by atoms with E-state index in [-0.39, 0.29) is 30.4 Å². The normalized spacial score (nSPS) is 17.1. The van der Waals surface area contributed by atoms with Crippen LogP contribution in [0.25, 0.3) is 0 Å². The second-order valence-electron chi connectivity index (χ2n) is 16.8. The molecule has 1 aromatic heterocycles. The van der Waals surface area contributed by atoms with Gasteiger partial charge in [0.15, 0.2) is 0 Å². The van der Waals surface area contributed by atoms with Crippen molar-refractivity contribution in [2.75, 3.05) is 32.8 Å². The van der Waals surface area contributed by atoms with Gasteiger partial charge in [-0.3, -0.25) is 9.36 Å². The SMILES string of the molecule is CCCCCCCCCCCCOP(O[C@H]1C[C@H](n2ccc(NC(C)=O)nc2=O)O[C@@H]1COC(c1ccccc1)(c1ccc(OC)cc1)c1ccc(OC)cc1)N(C(C)C)C(C)C. The molecule has 1 aliphatic heterocycles. The summed E-state index contributed by atoms with van der Waals surface area (Å²) in [5.41, 5.74) is 1.02. The van der Waals surface area contributed by atoms with Crippen molar-refractivity contribution in [2.24, 2.45) is 0 Å². The summed E-state index contributed by atoms with van der Waals surface area (Å²) >= 11 is 0. The molecule has 2 heterocycles. The number of amides is 1. The van der Waals surface area contributed by atoms with Gasteiger partial charge in [-0.1, -0.05) is 119 Å². The monoisotopic (exact) mass is 887 g/mol. The van der Waals surface area contributed by atoms with Crippen molar-refractivity contribution in [3.63, 3.8) is 0 Å². The molecule has 1 amide bonds. The lowest BCUT2D eigenvalue weighted by molar-refractivity contribution is -0.114. The number of rotatable bonds is 27. The highest BCUT2D eigenvalue weighted by molar-refractivity contribution is 7.44. The maximum Gasteiger partial charge on any atom is 0.351 e. The number of carbonyl (C=O) groups excluding carboxylic acids is 1. The molecule has 1 fully saturated rings. The zero-order chi connectivity index (χ0) is 45.2. The first-order chi connectivity index (χ1) is 30.5. The van der Waals surface area contributed by atoms with Crippen LogP contribution in [0.4, 0.5) is 5.82 Å². The third kappa shape index (κ3) is 13.9. The molecule has 1 saturated heterocycles. The fraction of sp³-hybridized carbons (Fsp3) is 0.540. The number of carbonyl (C=O) groups is 1. The Hall–Kier alpha value is -4.16. The average molecular weight is 887 g/mol. The van der Waals surface area contributed by atoms with Crippen LogP contribution in [0, 0.1) is 0 Å². The molecular weight excluding hydrogens is 816 g/mol. The Kier molecular flexibility index (Phi) is 20.1. The molecule has 3 aromatic carbocycles. The number of methoxy groups -OCH3 is 2. The number of nitrogens with one attached hydrogen (secondary N) is 1. The van der Waals surface area contributed by atoms with Crippen molar-refractivity contribution in [1.29, 1.82) is 0 Å². The van der Waals surface area contributed by atoms with Crippen LogP contribution in [0.5, 0.6) is 11.5 Å². The van der Waals surface area contributed by atoms with Crippen molar-refractivity contribution in [3.05, 3.63) is 118 Å². The number of aromatic nitrogens is 2. The lowest BCUT2D eigenvalue weighted by Crippen LogP contribution is -2.39. The smallest absolute Gasteiger partial charge is 0.351 e. The molecular formula is C50H71N4O8P. The van der Waals surface area contributed by atoms with Crippen LogP contribution < -0.4 is 20.5 Å². The summed E-state index contributed by atoms with van der Waals surface area (Å²) in [5, 5.41) is 2.60. The first kappa shape index (κ1) is 49.8. The molecule has 0 saturated carbocycles. The molecule has 4 aromatic rings. The summed E-state index contributed by atoms with van der Waals surface area (Å²) in [6, 6.07) is 27.8. The van der Waals surface area contributed by atoms with Crippen molar-refractivity contribution in [2.45, 2.75) is 148 Å². The molecule has 1 N–H and O–H groups in total. The predicted molar refractivity (Wildman–Crippen MR) is 251 cm³/mol. The summed E-state index contributed by atoms with van der Waals surface area (Å²) < 4.78 is 43.0. The molecule has 0 spiro atoms. The zero-order valence-corrected chi connectivity index (χ0v) is 39.7. The van der Waals surface area contributed by atoms with E-state index in [1.54, 1.807) is 26.5 Å². The maximum atomic E-state index is 13.5. The summed E-state index contributed by atoms with van der Waals surface area (Å²) in [6.45, 7) is 13.0. The highest BCUT2D eigenvalue weighted by atomic mass is 31.2.